The average molecular weight is 304 g/mol. The molecule has 0 amide bonds. The van der Waals surface area contributed by atoms with E-state index in [0.717, 1.165) is 5.56 Å². The fraction of sp³-hybridized carbons (Fsp3) is 0.417. The first-order valence-corrected chi connectivity index (χ1v) is 6.45. The van der Waals surface area contributed by atoms with E-state index in [0.29, 0.717) is 0 Å². The summed E-state index contributed by atoms with van der Waals surface area (Å²) in [5, 5.41) is 11.3. The van der Waals surface area contributed by atoms with E-state index in [2.05, 4.69) is 4.99 Å². The van der Waals surface area contributed by atoms with Gasteiger partial charge in [-0.2, -0.15) is 0 Å². The van der Waals surface area contributed by atoms with Crippen LogP contribution in [0.25, 0.3) is 0 Å². The van der Waals surface area contributed by atoms with Crippen LogP contribution in [-0.2, 0) is 5.41 Å². The molecule has 0 unspecified atom stereocenters. The highest BCUT2D eigenvalue weighted by Gasteiger charge is 2.24. The summed E-state index contributed by atoms with van der Waals surface area (Å²) in [6.45, 7) is 5.83. The Morgan fingerprint density at radius 3 is 2.47 bits per heavy atom. The fourth-order valence-corrected chi connectivity index (χ4v) is 1.76. The number of amidine groups is 1. The van der Waals surface area contributed by atoms with Gasteiger partial charge in [0.25, 0.3) is 5.69 Å². The van der Waals surface area contributed by atoms with Crippen molar-refractivity contribution in [3.63, 3.8) is 0 Å². The van der Waals surface area contributed by atoms with E-state index < -0.39 is 4.92 Å². The summed E-state index contributed by atoms with van der Waals surface area (Å²) >= 11 is 11.6. The van der Waals surface area contributed by atoms with Crippen molar-refractivity contribution in [1.82, 2.24) is 0 Å². The predicted octanol–water partition coefficient (Wildman–Crippen LogP) is 3.77. The molecule has 0 saturated carbocycles. The van der Waals surface area contributed by atoms with Gasteiger partial charge in [0.15, 0.2) is 5.69 Å². The highest BCUT2D eigenvalue weighted by molar-refractivity contribution is 6.34. The summed E-state index contributed by atoms with van der Waals surface area (Å²) in [4.78, 5) is 14.5. The molecule has 0 aliphatic carbocycles. The number of alkyl halides is 1. The Morgan fingerprint density at radius 2 is 2.05 bits per heavy atom. The van der Waals surface area contributed by atoms with E-state index >= 15 is 0 Å². The number of nitrogens with zero attached hydrogens (tertiary/aromatic N) is 2. The minimum absolute atomic E-state index is 0.0193. The van der Waals surface area contributed by atoms with E-state index in [9.17, 15) is 10.1 Å². The molecule has 1 rings (SSSR count). The van der Waals surface area contributed by atoms with E-state index in [-0.39, 0.29) is 33.5 Å². The van der Waals surface area contributed by atoms with E-state index in [1.54, 1.807) is 6.07 Å². The zero-order chi connectivity index (χ0) is 14.8. The maximum atomic E-state index is 11.1. The molecule has 0 atom stereocenters. The molecule has 0 bridgehead atoms. The van der Waals surface area contributed by atoms with Gasteiger partial charge in [0.2, 0.25) is 0 Å². The molecular formula is C12H15Cl2N3O2. The molecule has 104 valence electrons. The number of nitro benzene ring substituents is 1. The maximum Gasteiger partial charge on any atom is 0.296 e. The molecule has 0 aliphatic rings. The third-order valence-corrected chi connectivity index (χ3v) is 3.06. The van der Waals surface area contributed by atoms with Crippen LogP contribution in [0.1, 0.15) is 26.3 Å². The summed E-state index contributed by atoms with van der Waals surface area (Å²) in [5.41, 5.74) is 5.87. The molecular weight excluding hydrogens is 289 g/mol. The summed E-state index contributed by atoms with van der Waals surface area (Å²) < 4.78 is 0. The average Bonchev–Trinajstić information content (AvgIpc) is 2.29. The lowest BCUT2D eigenvalue weighted by molar-refractivity contribution is -0.384. The molecule has 7 heteroatoms. The van der Waals surface area contributed by atoms with Gasteiger partial charge in [-0.15, -0.1) is 11.6 Å². The van der Waals surface area contributed by atoms with Gasteiger partial charge in [0, 0.05) is 6.07 Å². The number of nitro groups is 1. The van der Waals surface area contributed by atoms with Crippen molar-refractivity contribution in [1.29, 1.82) is 0 Å². The third kappa shape index (κ3) is 3.81. The van der Waals surface area contributed by atoms with E-state index in [4.69, 9.17) is 28.9 Å². The van der Waals surface area contributed by atoms with Crippen molar-refractivity contribution in [2.24, 2.45) is 10.7 Å². The summed E-state index contributed by atoms with van der Waals surface area (Å²) in [6.07, 6.45) is 0. The van der Waals surface area contributed by atoms with Crippen LogP contribution < -0.4 is 5.73 Å². The predicted molar refractivity (Wildman–Crippen MR) is 78.8 cm³/mol. The second kappa shape index (κ2) is 5.75. The van der Waals surface area contributed by atoms with E-state index in [1.807, 2.05) is 20.8 Å². The van der Waals surface area contributed by atoms with Gasteiger partial charge in [-0.3, -0.25) is 10.1 Å². The molecule has 1 aromatic carbocycles. The SMILES string of the molecule is CC(C)(C)c1cc(Cl)c(N=C(N)CCl)c([N+](=O)[O-])c1. The van der Waals surface area contributed by atoms with Crippen molar-refractivity contribution in [2.75, 3.05) is 5.88 Å². The second-order valence-electron chi connectivity index (χ2n) is 5.07. The van der Waals surface area contributed by atoms with Crippen molar-refractivity contribution >= 4 is 40.4 Å². The Hall–Kier alpha value is -1.33. The van der Waals surface area contributed by atoms with E-state index in [1.165, 1.54) is 6.07 Å². The smallest absolute Gasteiger partial charge is 0.296 e. The minimum Gasteiger partial charge on any atom is -0.386 e. The molecule has 0 fully saturated rings. The second-order valence-corrected chi connectivity index (χ2v) is 5.74. The molecule has 0 radical (unpaired) electrons. The largest absolute Gasteiger partial charge is 0.386 e. The molecule has 1 aromatic rings. The Labute approximate surface area is 121 Å². The molecule has 0 aromatic heterocycles. The van der Waals surface area contributed by atoms with Gasteiger partial charge in [0.05, 0.1) is 15.8 Å². The molecule has 19 heavy (non-hydrogen) atoms. The third-order valence-electron chi connectivity index (χ3n) is 2.50. The Kier molecular flexibility index (Phi) is 4.76. The van der Waals surface area contributed by atoms with Gasteiger partial charge in [0.1, 0.15) is 5.84 Å². The van der Waals surface area contributed by atoms with Crippen molar-refractivity contribution < 1.29 is 4.92 Å². The number of halogens is 2. The first-order valence-electron chi connectivity index (χ1n) is 5.54. The highest BCUT2D eigenvalue weighted by Crippen LogP contribution is 2.39. The van der Waals surface area contributed by atoms with Gasteiger partial charge in [-0.25, -0.2) is 4.99 Å². The summed E-state index contributed by atoms with van der Waals surface area (Å²) in [5.74, 6) is 0.0595. The van der Waals surface area contributed by atoms with Gasteiger partial charge in [-0.1, -0.05) is 32.4 Å². The normalized spacial score (nSPS) is 12.6. The molecule has 2 N–H and O–H groups in total. The molecule has 5 nitrogen and oxygen atoms in total. The zero-order valence-electron chi connectivity index (χ0n) is 10.9. The fourth-order valence-electron chi connectivity index (χ4n) is 1.44. The van der Waals surface area contributed by atoms with Crippen LogP contribution in [0, 0.1) is 10.1 Å². The highest BCUT2D eigenvalue weighted by atomic mass is 35.5. The van der Waals surface area contributed by atoms with Crippen LogP contribution in [0.5, 0.6) is 0 Å². The molecule has 0 aliphatic heterocycles. The molecule has 0 spiro atoms. The molecule has 0 saturated heterocycles. The quantitative estimate of drug-likeness (QED) is 0.303. The first-order chi connectivity index (χ1) is 8.66. The lowest BCUT2D eigenvalue weighted by Crippen LogP contribution is -2.13. The Morgan fingerprint density at radius 1 is 1.47 bits per heavy atom. The number of nitrogens with two attached hydrogens (primary N) is 1. The Bertz CT molecular complexity index is 537. The van der Waals surface area contributed by atoms with Crippen molar-refractivity contribution in [3.8, 4) is 0 Å². The standard InChI is InChI=1S/C12H15Cl2N3O2/c1-12(2,3)7-4-8(14)11(16-10(15)6-13)9(5-7)17(18)19/h4-5H,6H2,1-3H3,(H2,15,16). The van der Waals surface area contributed by atoms with Crippen LogP contribution in [0.2, 0.25) is 5.02 Å². The number of hydrogen-bond donors (Lipinski definition) is 1. The summed E-state index contributed by atoms with van der Waals surface area (Å²) in [7, 11) is 0. The first kappa shape index (κ1) is 15.7. The van der Waals surface area contributed by atoms with Gasteiger partial charge in [-0.05, 0) is 17.0 Å². The summed E-state index contributed by atoms with van der Waals surface area (Å²) in [6, 6.07) is 3.13. The monoisotopic (exact) mass is 303 g/mol. The number of aliphatic imine (C=N–C) groups is 1. The molecule has 0 heterocycles. The zero-order valence-corrected chi connectivity index (χ0v) is 12.4. The van der Waals surface area contributed by atoms with Gasteiger partial charge >= 0.3 is 0 Å². The minimum atomic E-state index is -0.526. The number of rotatable bonds is 3. The van der Waals surface area contributed by atoms with Crippen LogP contribution in [0.4, 0.5) is 11.4 Å². The van der Waals surface area contributed by atoms with Crippen LogP contribution in [0.15, 0.2) is 17.1 Å². The number of benzene rings is 1. The Balaban J connectivity index is 3.53. The van der Waals surface area contributed by atoms with Crippen molar-refractivity contribution in [3.05, 3.63) is 32.8 Å². The van der Waals surface area contributed by atoms with Gasteiger partial charge < -0.3 is 5.73 Å². The van der Waals surface area contributed by atoms with Crippen LogP contribution in [-0.4, -0.2) is 16.6 Å². The topological polar surface area (TPSA) is 81.5 Å². The van der Waals surface area contributed by atoms with Crippen LogP contribution in [0.3, 0.4) is 0 Å². The number of hydrogen-bond acceptors (Lipinski definition) is 3. The van der Waals surface area contributed by atoms with Crippen molar-refractivity contribution in [2.45, 2.75) is 26.2 Å². The lowest BCUT2D eigenvalue weighted by atomic mass is 9.86. The maximum absolute atomic E-state index is 11.1. The lowest BCUT2D eigenvalue weighted by Gasteiger charge is -2.19. The van der Waals surface area contributed by atoms with Crippen LogP contribution >= 0.6 is 23.2 Å².